The van der Waals surface area contributed by atoms with Crippen LogP contribution in [0.1, 0.15) is 11.1 Å². The number of hydrogen-bond acceptors (Lipinski definition) is 0. The largest absolute Gasteiger partial charge is 0.207 e. The van der Waals surface area contributed by atoms with Crippen LogP contribution in [-0.4, -0.2) is 10.7 Å². The Hall–Kier alpha value is -1.26. The summed E-state index contributed by atoms with van der Waals surface area (Å²) >= 11 is 6.97. The highest BCUT2D eigenvalue weighted by Crippen LogP contribution is 2.20. The molecule has 0 N–H and O–H groups in total. The summed E-state index contributed by atoms with van der Waals surface area (Å²) in [5.41, 5.74) is 4.53. The van der Waals surface area contributed by atoms with Gasteiger partial charge in [-0.3, -0.25) is 0 Å². The van der Waals surface area contributed by atoms with Crippen molar-refractivity contribution in [3.63, 3.8) is 0 Å². The van der Waals surface area contributed by atoms with Crippen molar-refractivity contribution in [3.8, 4) is 0 Å². The Balaban J connectivity index is 2.29. The van der Waals surface area contributed by atoms with Crippen molar-refractivity contribution in [2.45, 2.75) is 12.8 Å². The molecule has 0 heterocycles. The van der Waals surface area contributed by atoms with Crippen LogP contribution in [0.4, 0.5) is 8.78 Å². The monoisotopic (exact) mass is 454 g/mol. The van der Waals surface area contributed by atoms with E-state index in [1.807, 2.05) is 18.2 Å². The van der Waals surface area contributed by atoms with Crippen molar-refractivity contribution >= 4 is 31.9 Å². The summed E-state index contributed by atoms with van der Waals surface area (Å²) in [6.45, 7) is 0. The van der Waals surface area contributed by atoms with Gasteiger partial charge in [0.25, 0.3) is 0 Å². The van der Waals surface area contributed by atoms with Gasteiger partial charge in [0.2, 0.25) is 0 Å². The first-order chi connectivity index (χ1) is 11.6. The zero-order chi connectivity index (χ0) is 17.4. The van der Waals surface area contributed by atoms with Gasteiger partial charge < -0.3 is 0 Å². The summed E-state index contributed by atoms with van der Waals surface area (Å²) in [6, 6.07) is 13.2. The minimum absolute atomic E-state index is 0.228. The van der Waals surface area contributed by atoms with Crippen LogP contribution >= 0.6 is 31.9 Å². The van der Waals surface area contributed by atoms with Gasteiger partial charge in [0.15, 0.2) is 0 Å². The fraction of sp³-hybridized carbons (Fsp3) is 0.200. The lowest BCUT2D eigenvalue weighted by Gasteiger charge is -2.12. The molecule has 24 heavy (non-hydrogen) atoms. The van der Waals surface area contributed by atoms with E-state index in [-0.39, 0.29) is 11.6 Å². The molecule has 0 aliphatic heterocycles. The molecule has 2 aromatic rings. The van der Waals surface area contributed by atoms with E-state index in [1.54, 1.807) is 12.1 Å². The molecule has 0 saturated carbocycles. The van der Waals surface area contributed by atoms with Crippen molar-refractivity contribution in [1.29, 1.82) is 0 Å². The normalized spacial score (nSPS) is 12.5. The molecule has 0 spiro atoms. The molecule has 0 aliphatic carbocycles. The Labute approximate surface area is 158 Å². The van der Waals surface area contributed by atoms with E-state index < -0.39 is 0 Å². The molecule has 2 aromatic carbocycles. The van der Waals surface area contributed by atoms with Gasteiger partial charge in [0.05, 0.1) is 0 Å². The van der Waals surface area contributed by atoms with Crippen LogP contribution in [0.15, 0.2) is 71.8 Å². The van der Waals surface area contributed by atoms with Gasteiger partial charge in [-0.05, 0) is 53.8 Å². The van der Waals surface area contributed by atoms with Gasteiger partial charge in [-0.25, -0.2) is 8.78 Å². The molecule has 0 atom stereocenters. The van der Waals surface area contributed by atoms with Crippen LogP contribution in [0.25, 0.3) is 0 Å². The second kappa shape index (κ2) is 9.90. The average molecular weight is 456 g/mol. The molecule has 0 saturated heterocycles. The van der Waals surface area contributed by atoms with Crippen LogP contribution in [0.3, 0.4) is 0 Å². The predicted octanol–water partition coefficient (Wildman–Crippen LogP) is 6.39. The van der Waals surface area contributed by atoms with E-state index in [4.69, 9.17) is 0 Å². The van der Waals surface area contributed by atoms with E-state index in [2.05, 4.69) is 37.9 Å². The maximum absolute atomic E-state index is 13.1. The van der Waals surface area contributed by atoms with Crippen LogP contribution < -0.4 is 0 Å². The number of alkyl halides is 2. The highest BCUT2D eigenvalue weighted by Gasteiger charge is 2.07. The predicted molar refractivity (Wildman–Crippen MR) is 104 cm³/mol. The van der Waals surface area contributed by atoms with Crippen molar-refractivity contribution in [2.24, 2.45) is 0 Å². The minimum atomic E-state index is -0.229. The third-order valence-electron chi connectivity index (χ3n) is 3.66. The van der Waals surface area contributed by atoms with Crippen molar-refractivity contribution in [2.75, 3.05) is 10.7 Å². The van der Waals surface area contributed by atoms with Gasteiger partial charge in [-0.1, -0.05) is 73.9 Å². The summed E-state index contributed by atoms with van der Waals surface area (Å²) in [5.74, 6) is -0.457. The summed E-state index contributed by atoms with van der Waals surface area (Å²) in [5, 5.41) is 1.50. The first-order valence-electron chi connectivity index (χ1n) is 7.60. The molecule has 0 fully saturated rings. The molecule has 2 rings (SSSR count). The third-order valence-corrected chi connectivity index (χ3v) is 4.71. The van der Waals surface area contributed by atoms with E-state index in [0.717, 1.165) is 34.6 Å². The molecular formula is C20H18Br2F2. The van der Waals surface area contributed by atoms with E-state index in [1.165, 1.54) is 35.4 Å². The second-order valence-electron chi connectivity index (χ2n) is 5.43. The van der Waals surface area contributed by atoms with Crippen molar-refractivity contribution in [3.05, 3.63) is 94.6 Å². The molecule has 4 heteroatoms. The molecule has 0 aromatic heterocycles. The van der Waals surface area contributed by atoms with Crippen LogP contribution in [0.5, 0.6) is 0 Å². The number of halogens is 4. The Morgan fingerprint density at radius 2 is 1.29 bits per heavy atom. The van der Waals surface area contributed by atoms with Gasteiger partial charge in [0, 0.05) is 10.7 Å². The molecule has 0 aliphatic rings. The standard InChI is InChI=1S/C20H18Br2F2/c21-11-1-2-17(12-15-3-7-19(23)8-4-15)18(14-22)13-16-5-9-20(24)10-6-16/h1-10H,11-14H2/b2-1+,18-17-. The number of allylic oxidation sites excluding steroid dienone is 4. The first kappa shape index (κ1) is 19.1. The SMILES string of the molecule is Fc1ccc(CC(/C=C/CBr)=C(\CBr)Cc2ccc(F)cc2)cc1. The number of benzene rings is 2. The molecule has 126 valence electrons. The van der Waals surface area contributed by atoms with Gasteiger partial charge >= 0.3 is 0 Å². The van der Waals surface area contributed by atoms with Crippen LogP contribution in [0, 0.1) is 11.6 Å². The van der Waals surface area contributed by atoms with E-state index >= 15 is 0 Å². The number of rotatable bonds is 7. The van der Waals surface area contributed by atoms with Gasteiger partial charge in [0.1, 0.15) is 11.6 Å². The molecule has 0 amide bonds. The Morgan fingerprint density at radius 3 is 1.75 bits per heavy atom. The summed E-state index contributed by atoms with van der Waals surface area (Å²) in [6.07, 6.45) is 5.62. The smallest absolute Gasteiger partial charge is 0.123 e. The lowest BCUT2D eigenvalue weighted by atomic mass is 9.96. The second-order valence-corrected chi connectivity index (χ2v) is 6.63. The van der Waals surface area contributed by atoms with E-state index in [9.17, 15) is 8.78 Å². The Bertz CT molecular complexity index is 701. The first-order valence-corrected chi connectivity index (χ1v) is 9.85. The zero-order valence-corrected chi connectivity index (χ0v) is 16.3. The quantitative estimate of drug-likeness (QED) is 0.335. The summed E-state index contributed by atoms with van der Waals surface area (Å²) in [4.78, 5) is 0. The lowest BCUT2D eigenvalue weighted by molar-refractivity contribution is 0.626. The third kappa shape index (κ3) is 5.99. The topological polar surface area (TPSA) is 0 Å². The van der Waals surface area contributed by atoms with E-state index in [0.29, 0.717) is 0 Å². The fourth-order valence-corrected chi connectivity index (χ4v) is 3.15. The van der Waals surface area contributed by atoms with Crippen molar-refractivity contribution in [1.82, 2.24) is 0 Å². The Kier molecular flexibility index (Phi) is 7.86. The Morgan fingerprint density at radius 1 is 0.792 bits per heavy atom. The minimum Gasteiger partial charge on any atom is -0.207 e. The van der Waals surface area contributed by atoms with Crippen molar-refractivity contribution < 1.29 is 8.78 Å². The molecular weight excluding hydrogens is 438 g/mol. The maximum atomic E-state index is 13.1. The lowest BCUT2D eigenvalue weighted by Crippen LogP contribution is -2.00. The fourth-order valence-electron chi connectivity index (χ4n) is 2.41. The van der Waals surface area contributed by atoms with Gasteiger partial charge in [-0.2, -0.15) is 0 Å². The highest BCUT2D eigenvalue weighted by atomic mass is 79.9. The molecule has 0 radical (unpaired) electrons. The summed E-state index contributed by atoms with van der Waals surface area (Å²) < 4.78 is 26.2. The number of hydrogen-bond donors (Lipinski definition) is 0. The highest BCUT2D eigenvalue weighted by molar-refractivity contribution is 9.09. The van der Waals surface area contributed by atoms with Crippen LogP contribution in [-0.2, 0) is 12.8 Å². The summed E-state index contributed by atoms with van der Waals surface area (Å²) in [7, 11) is 0. The zero-order valence-electron chi connectivity index (χ0n) is 13.1. The van der Waals surface area contributed by atoms with Crippen LogP contribution in [0.2, 0.25) is 0 Å². The molecule has 0 unspecified atom stereocenters. The molecule has 0 bridgehead atoms. The maximum Gasteiger partial charge on any atom is 0.123 e. The van der Waals surface area contributed by atoms with Gasteiger partial charge in [-0.15, -0.1) is 0 Å². The molecule has 0 nitrogen and oxygen atoms in total. The average Bonchev–Trinajstić information content (AvgIpc) is 2.60.